The van der Waals surface area contributed by atoms with E-state index < -0.39 is 0 Å². The lowest BCUT2D eigenvalue weighted by molar-refractivity contribution is 0.230. The third-order valence-electron chi connectivity index (χ3n) is 1.12. The van der Waals surface area contributed by atoms with E-state index in [1.165, 1.54) is 0 Å². The maximum Gasteiger partial charge on any atom is 0.144 e. The van der Waals surface area contributed by atoms with E-state index in [0.29, 0.717) is 10.8 Å². The number of hydrogen-bond acceptors (Lipinski definition) is 2. The van der Waals surface area contributed by atoms with Gasteiger partial charge in [-0.1, -0.05) is 17.7 Å². The minimum absolute atomic E-state index is 0.298. The summed E-state index contributed by atoms with van der Waals surface area (Å²) in [5.41, 5.74) is 5.41. The van der Waals surface area contributed by atoms with Crippen molar-refractivity contribution in [2.24, 2.45) is 5.73 Å². The van der Waals surface area contributed by atoms with Gasteiger partial charge < -0.3 is 4.74 Å². The summed E-state index contributed by atoms with van der Waals surface area (Å²) in [6.45, 7) is 1.76. The zero-order valence-corrected chi connectivity index (χ0v) is 7.01. The third kappa shape index (κ3) is 2.78. The van der Waals surface area contributed by atoms with Crippen LogP contribution in [-0.4, -0.2) is 6.23 Å². The van der Waals surface area contributed by atoms with Gasteiger partial charge in [-0.2, -0.15) is 0 Å². The van der Waals surface area contributed by atoms with Crippen LogP contribution in [0.3, 0.4) is 0 Å². The standard InChI is InChI=1S/C8H10ClNO/c1-6(10)11-8-4-2-3-7(9)5-8/h2-6H,10H2,1H3. The van der Waals surface area contributed by atoms with Gasteiger partial charge >= 0.3 is 0 Å². The van der Waals surface area contributed by atoms with Crippen molar-refractivity contribution in [1.82, 2.24) is 0 Å². The summed E-state index contributed by atoms with van der Waals surface area (Å²) < 4.78 is 5.19. The van der Waals surface area contributed by atoms with Crippen molar-refractivity contribution < 1.29 is 4.74 Å². The molecular formula is C8H10ClNO. The average molecular weight is 172 g/mol. The summed E-state index contributed by atoms with van der Waals surface area (Å²) in [7, 11) is 0. The van der Waals surface area contributed by atoms with Crippen molar-refractivity contribution in [2.75, 3.05) is 0 Å². The molecule has 0 spiro atoms. The Balaban J connectivity index is 2.71. The predicted octanol–water partition coefficient (Wildman–Crippen LogP) is 2.02. The lowest BCUT2D eigenvalue weighted by atomic mass is 10.3. The molecule has 2 nitrogen and oxygen atoms in total. The third-order valence-corrected chi connectivity index (χ3v) is 1.35. The second kappa shape index (κ2) is 3.60. The zero-order chi connectivity index (χ0) is 8.27. The Bertz CT molecular complexity index is 237. The van der Waals surface area contributed by atoms with Crippen LogP contribution >= 0.6 is 11.6 Å². The summed E-state index contributed by atoms with van der Waals surface area (Å²) in [4.78, 5) is 0. The van der Waals surface area contributed by atoms with E-state index in [4.69, 9.17) is 22.1 Å². The first-order valence-corrected chi connectivity index (χ1v) is 3.74. The van der Waals surface area contributed by atoms with Crippen molar-refractivity contribution in [3.63, 3.8) is 0 Å². The van der Waals surface area contributed by atoms with E-state index in [2.05, 4.69) is 0 Å². The Morgan fingerprint density at radius 1 is 1.55 bits per heavy atom. The van der Waals surface area contributed by atoms with Crippen molar-refractivity contribution >= 4 is 11.6 Å². The van der Waals surface area contributed by atoms with Crippen molar-refractivity contribution in [2.45, 2.75) is 13.2 Å². The van der Waals surface area contributed by atoms with E-state index in [1.54, 1.807) is 19.1 Å². The molecule has 0 heterocycles. The summed E-state index contributed by atoms with van der Waals surface area (Å²) in [6, 6.07) is 7.15. The molecule has 1 atom stereocenters. The largest absolute Gasteiger partial charge is 0.476 e. The zero-order valence-electron chi connectivity index (χ0n) is 6.25. The molecule has 1 aromatic carbocycles. The molecule has 60 valence electrons. The maximum atomic E-state index is 5.71. The molecule has 0 aliphatic carbocycles. The highest BCUT2D eigenvalue weighted by atomic mass is 35.5. The van der Waals surface area contributed by atoms with Crippen LogP contribution in [0.2, 0.25) is 5.02 Å². The molecule has 11 heavy (non-hydrogen) atoms. The van der Waals surface area contributed by atoms with Gasteiger partial charge in [-0.3, -0.25) is 5.73 Å². The highest BCUT2D eigenvalue weighted by Gasteiger charge is 1.96. The Labute approximate surface area is 70.9 Å². The number of benzene rings is 1. The monoisotopic (exact) mass is 171 g/mol. The molecule has 2 N–H and O–H groups in total. The smallest absolute Gasteiger partial charge is 0.144 e. The van der Waals surface area contributed by atoms with Gasteiger partial charge in [0.2, 0.25) is 0 Å². The second-order valence-electron chi connectivity index (χ2n) is 2.28. The van der Waals surface area contributed by atoms with Gasteiger partial charge in [-0.15, -0.1) is 0 Å². The summed E-state index contributed by atoms with van der Waals surface area (Å²) in [5.74, 6) is 0.701. The first-order chi connectivity index (χ1) is 5.18. The lowest BCUT2D eigenvalue weighted by Crippen LogP contribution is -2.22. The summed E-state index contributed by atoms with van der Waals surface area (Å²) >= 11 is 5.71. The second-order valence-corrected chi connectivity index (χ2v) is 2.72. The lowest BCUT2D eigenvalue weighted by Gasteiger charge is -2.08. The predicted molar refractivity (Wildman–Crippen MR) is 45.7 cm³/mol. The fraction of sp³-hybridized carbons (Fsp3) is 0.250. The van der Waals surface area contributed by atoms with E-state index in [1.807, 2.05) is 12.1 Å². The molecule has 0 amide bonds. The topological polar surface area (TPSA) is 35.2 Å². The summed E-state index contributed by atoms with van der Waals surface area (Å²) in [5, 5.41) is 0.656. The van der Waals surface area contributed by atoms with Crippen LogP contribution in [0.25, 0.3) is 0 Å². The molecule has 0 radical (unpaired) electrons. The molecule has 0 bridgehead atoms. The number of hydrogen-bond donors (Lipinski definition) is 1. The van der Waals surface area contributed by atoms with Crippen molar-refractivity contribution in [3.05, 3.63) is 29.3 Å². The number of rotatable bonds is 2. The molecule has 1 unspecified atom stereocenters. The Hall–Kier alpha value is -0.730. The van der Waals surface area contributed by atoms with Crippen LogP contribution in [0, 0.1) is 0 Å². The van der Waals surface area contributed by atoms with Gasteiger partial charge in [0.15, 0.2) is 0 Å². The SMILES string of the molecule is CC(N)Oc1cccc(Cl)c1. The molecule has 0 fully saturated rings. The molecule has 0 aromatic heterocycles. The van der Waals surface area contributed by atoms with E-state index in [0.717, 1.165) is 0 Å². The van der Waals surface area contributed by atoms with Gasteiger partial charge in [0.25, 0.3) is 0 Å². The van der Waals surface area contributed by atoms with Gasteiger partial charge in [-0.05, 0) is 25.1 Å². The molecule has 1 aromatic rings. The van der Waals surface area contributed by atoms with E-state index >= 15 is 0 Å². The fourth-order valence-electron chi connectivity index (χ4n) is 0.755. The van der Waals surface area contributed by atoms with Gasteiger partial charge in [0.05, 0.1) is 0 Å². The first-order valence-electron chi connectivity index (χ1n) is 3.36. The first kappa shape index (κ1) is 8.37. The normalized spacial score (nSPS) is 12.6. The number of halogens is 1. The van der Waals surface area contributed by atoms with Crippen molar-refractivity contribution in [1.29, 1.82) is 0 Å². The van der Waals surface area contributed by atoms with Crippen LogP contribution < -0.4 is 10.5 Å². The molecule has 0 aliphatic heterocycles. The van der Waals surface area contributed by atoms with Gasteiger partial charge in [-0.25, -0.2) is 0 Å². The Morgan fingerprint density at radius 2 is 2.27 bits per heavy atom. The minimum atomic E-state index is -0.298. The van der Waals surface area contributed by atoms with Crippen LogP contribution in [0.5, 0.6) is 5.75 Å². The maximum absolute atomic E-state index is 5.71. The van der Waals surface area contributed by atoms with Crippen molar-refractivity contribution in [3.8, 4) is 5.75 Å². The average Bonchev–Trinajstić information content (AvgIpc) is 1.85. The van der Waals surface area contributed by atoms with Crippen LogP contribution in [0.1, 0.15) is 6.92 Å². The van der Waals surface area contributed by atoms with Gasteiger partial charge in [0, 0.05) is 5.02 Å². The minimum Gasteiger partial charge on any atom is -0.476 e. The number of nitrogens with two attached hydrogens (primary N) is 1. The quantitative estimate of drug-likeness (QED) is 0.692. The highest BCUT2D eigenvalue weighted by Crippen LogP contribution is 2.17. The molecule has 0 saturated carbocycles. The Kier molecular flexibility index (Phi) is 2.74. The van der Waals surface area contributed by atoms with E-state index in [9.17, 15) is 0 Å². The number of ether oxygens (including phenoxy) is 1. The molecule has 1 rings (SSSR count). The van der Waals surface area contributed by atoms with Crippen LogP contribution in [0.4, 0.5) is 0 Å². The van der Waals surface area contributed by atoms with E-state index in [-0.39, 0.29) is 6.23 Å². The highest BCUT2D eigenvalue weighted by molar-refractivity contribution is 6.30. The molecule has 0 saturated heterocycles. The van der Waals surface area contributed by atoms with Gasteiger partial charge in [0.1, 0.15) is 12.0 Å². The van der Waals surface area contributed by atoms with Crippen LogP contribution in [-0.2, 0) is 0 Å². The Morgan fingerprint density at radius 3 is 2.82 bits per heavy atom. The fourth-order valence-corrected chi connectivity index (χ4v) is 0.935. The summed E-state index contributed by atoms with van der Waals surface area (Å²) in [6.07, 6.45) is -0.298. The molecular weight excluding hydrogens is 162 g/mol. The molecule has 3 heteroatoms. The molecule has 0 aliphatic rings. The van der Waals surface area contributed by atoms with Crippen LogP contribution in [0.15, 0.2) is 24.3 Å².